The SMILES string of the molecule is COc1cc2c(c(OC)c1OC)-c1ccc(NCCCC(=O)NC(CCSC)C(=O)O)c(=O)cc1C(NC(C)=O)CC2. The van der Waals surface area contributed by atoms with Gasteiger partial charge in [0.15, 0.2) is 11.5 Å². The third-order valence-corrected chi connectivity index (χ3v) is 7.70. The van der Waals surface area contributed by atoms with Gasteiger partial charge in [0.1, 0.15) is 6.04 Å². The molecule has 4 N–H and O–H groups in total. The van der Waals surface area contributed by atoms with Gasteiger partial charge in [-0.1, -0.05) is 6.07 Å². The Labute approximate surface area is 249 Å². The number of carbonyl (C=O) groups is 3. The molecule has 0 saturated carbocycles. The first-order valence-corrected chi connectivity index (χ1v) is 15.1. The first-order chi connectivity index (χ1) is 20.1. The zero-order valence-corrected chi connectivity index (χ0v) is 25.4. The minimum Gasteiger partial charge on any atom is -0.493 e. The Balaban J connectivity index is 1.91. The number of aliphatic carboxylic acids is 1. The van der Waals surface area contributed by atoms with Crippen LogP contribution in [0.15, 0.2) is 29.1 Å². The molecule has 2 amide bonds. The third kappa shape index (κ3) is 7.87. The summed E-state index contributed by atoms with van der Waals surface area (Å²) in [5, 5.41) is 18.0. The molecule has 0 fully saturated rings. The number of carboxylic acids is 1. The van der Waals surface area contributed by atoms with Crippen LogP contribution >= 0.6 is 11.8 Å². The Bertz CT molecular complexity index is 1370. The number of thioether (sulfide) groups is 1. The number of nitrogens with one attached hydrogen (secondary N) is 3. The van der Waals surface area contributed by atoms with Gasteiger partial charge < -0.3 is 35.3 Å². The monoisotopic (exact) mass is 601 g/mol. The first kappa shape index (κ1) is 32.6. The highest BCUT2D eigenvalue weighted by atomic mass is 32.2. The van der Waals surface area contributed by atoms with E-state index in [4.69, 9.17) is 14.2 Å². The van der Waals surface area contributed by atoms with Crippen molar-refractivity contribution in [1.82, 2.24) is 10.6 Å². The molecule has 0 aliphatic heterocycles. The Morgan fingerprint density at radius 3 is 2.45 bits per heavy atom. The third-order valence-electron chi connectivity index (χ3n) is 7.06. The molecule has 0 spiro atoms. The van der Waals surface area contributed by atoms with Crippen molar-refractivity contribution in [1.29, 1.82) is 0 Å². The van der Waals surface area contributed by atoms with Crippen LogP contribution in [-0.2, 0) is 20.8 Å². The van der Waals surface area contributed by atoms with Crippen LogP contribution in [0.2, 0.25) is 0 Å². The molecule has 0 bridgehead atoms. The minimum absolute atomic E-state index is 0.108. The molecule has 42 heavy (non-hydrogen) atoms. The maximum atomic E-state index is 13.4. The Kier molecular flexibility index (Phi) is 11.9. The molecule has 11 nitrogen and oxygen atoms in total. The number of anilines is 1. The number of fused-ring (bicyclic) bond motifs is 3. The molecular weight excluding hydrogens is 562 g/mol. The minimum atomic E-state index is -1.06. The average molecular weight is 602 g/mol. The van der Waals surface area contributed by atoms with E-state index in [9.17, 15) is 24.3 Å². The average Bonchev–Trinajstić information content (AvgIpc) is 3.20. The Morgan fingerprint density at radius 1 is 1.10 bits per heavy atom. The van der Waals surface area contributed by atoms with E-state index in [1.54, 1.807) is 20.3 Å². The van der Waals surface area contributed by atoms with E-state index in [1.165, 1.54) is 31.9 Å². The van der Waals surface area contributed by atoms with Gasteiger partial charge in [-0.2, -0.15) is 11.8 Å². The first-order valence-electron chi connectivity index (χ1n) is 13.7. The van der Waals surface area contributed by atoms with Crippen molar-refractivity contribution in [3.05, 3.63) is 45.6 Å². The van der Waals surface area contributed by atoms with Crippen LogP contribution < -0.4 is 35.6 Å². The van der Waals surface area contributed by atoms with Crippen LogP contribution in [0.25, 0.3) is 11.1 Å². The summed E-state index contributed by atoms with van der Waals surface area (Å²) in [5.41, 5.74) is 3.10. The normalized spacial score (nSPS) is 14.4. The van der Waals surface area contributed by atoms with E-state index in [0.29, 0.717) is 72.0 Å². The molecule has 0 aromatic heterocycles. The summed E-state index contributed by atoms with van der Waals surface area (Å²) >= 11 is 1.52. The highest BCUT2D eigenvalue weighted by Gasteiger charge is 2.29. The molecule has 2 aromatic carbocycles. The van der Waals surface area contributed by atoms with E-state index in [0.717, 1.165) is 11.1 Å². The van der Waals surface area contributed by atoms with Gasteiger partial charge in [0.25, 0.3) is 0 Å². The topological polar surface area (TPSA) is 152 Å². The molecule has 2 aromatic rings. The molecule has 1 aliphatic rings. The second-order valence-electron chi connectivity index (χ2n) is 9.87. The van der Waals surface area contributed by atoms with Gasteiger partial charge in [0.2, 0.25) is 23.0 Å². The lowest BCUT2D eigenvalue weighted by Crippen LogP contribution is -2.41. The van der Waals surface area contributed by atoms with Gasteiger partial charge in [-0.25, -0.2) is 4.79 Å². The summed E-state index contributed by atoms with van der Waals surface area (Å²) in [6, 6.07) is 5.57. The fourth-order valence-electron chi connectivity index (χ4n) is 5.09. The molecule has 2 atom stereocenters. The number of aryl methyl sites for hydroxylation is 1. The van der Waals surface area contributed by atoms with Crippen molar-refractivity contribution in [2.24, 2.45) is 0 Å². The Hall–Kier alpha value is -3.93. The number of methoxy groups -OCH3 is 3. The summed E-state index contributed by atoms with van der Waals surface area (Å²) in [5.74, 6) is 0.397. The molecule has 1 aliphatic carbocycles. The molecule has 0 saturated heterocycles. The summed E-state index contributed by atoms with van der Waals surface area (Å²) in [6.07, 6.45) is 3.86. The van der Waals surface area contributed by atoms with E-state index < -0.39 is 18.1 Å². The quantitative estimate of drug-likeness (QED) is 0.237. The number of benzene rings is 1. The number of ether oxygens (including phenoxy) is 3. The highest BCUT2D eigenvalue weighted by Crippen LogP contribution is 2.50. The number of hydrogen-bond acceptors (Lipinski definition) is 9. The van der Waals surface area contributed by atoms with Crippen LogP contribution in [0, 0.1) is 0 Å². The predicted molar refractivity (Wildman–Crippen MR) is 163 cm³/mol. The van der Waals surface area contributed by atoms with Crippen molar-refractivity contribution in [3.8, 4) is 28.4 Å². The molecule has 0 radical (unpaired) electrons. The highest BCUT2D eigenvalue weighted by molar-refractivity contribution is 7.98. The number of carbonyl (C=O) groups excluding carboxylic acids is 2. The van der Waals surface area contributed by atoms with Gasteiger partial charge in [0.05, 0.1) is 33.1 Å². The zero-order chi connectivity index (χ0) is 30.8. The maximum Gasteiger partial charge on any atom is 0.326 e. The van der Waals surface area contributed by atoms with Gasteiger partial charge in [0, 0.05) is 25.5 Å². The van der Waals surface area contributed by atoms with Gasteiger partial charge in [-0.05, 0) is 72.6 Å². The number of rotatable bonds is 14. The van der Waals surface area contributed by atoms with Crippen LogP contribution in [0.5, 0.6) is 17.2 Å². The second-order valence-corrected chi connectivity index (χ2v) is 10.9. The van der Waals surface area contributed by atoms with Crippen LogP contribution in [0.3, 0.4) is 0 Å². The van der Waals surface area contributed by atoms with Crippen molar-refractivity contribution in [2.75, 3.05) is 45.2 Å². The number of hydrogen-bond donors (Lipinski definition) is 4. The number of amides is 2. The lowest BCUT2D eigenvalue weighted by molar-refractivity contribution is -0.141. The van der Waals surface area contributed by atoms with Gasteiger partial charge >= 0.3 is 5.97 Å². The second kappa shape index (κ2) is 15.3. The van der Waals surface area contributed by atoms with E-state index in [1.807, 2.05) is 18.4 Å². The molecular formula is C30H39N3O8S. The molecule has 2 unspecified atom stereocenters. The predicted octanol–water partition coefficient (Wildman–Crippen LogP) is 3.38. The maximum absolute atomic E-state index is 13.4. The number of carboxylic acid groups (broad SMARTS) is 1. The van der Waals surface area contributed by atoms with E-state index in [-0.39, 0.29) is 23.7 Å². The summed E-state index contributed by atoms with van der Waals surface area (Å²) in [7, 11) is 4.62. The van der Waals surface area contributed by atoms with Crippen molar-refractivity contribution in [2.45, 2.75) is 51.1 Å². The summed E-state index contributed by atoms with van der Waals surface area (Å²) in [6.45, 7) is 1.76. The molecule has 0 heterocycles. The van der Waals surface area contributed by atoms with Crippen LogP contribution in [0.4, 0.5) is 5.69 Å². The zero-order valence-electron chi connectivity index (χ0n) is 24.6. The smallest absolute Gasteiger partial charge is 0.326 e. The Morgan fingerprint density at radius 2 is 1.83 bits per heavy atom. The van der Waals surface area contributed by atoms with Crippen molar-refractivity contribution < 1.29 is 33.7 Å². The van der Waals surface area contributed by atoms with Crippen molar-refractivity contribution in [3.63, 3.8) is 0 Å². The van der Waals surface area contributed by atoms with Crippen LogP contribution in [-0.4, -0.2) is 68.8 Å². The fourth-order valence-corrected chi connectivity index (χ4v) is 5.56. The molecule has 228 valence electrons. The lowest BCUT2D eigenvalue weighted by Gasteiger charge is -2.19. The van der Waals surface area contributed by atoms with E-state index >= 15 is 0 Å². The largest absolute Gasteiger partial charge is 0.493 e. The summed E-state index contributed by atoms with van der Waals surface area (Å²) in [4.78, 5) is 49.2. The fraction of sp³-hybridized carbons (Fsp3) is 0.467. The van der Waals surface area contributed by atoms with Gasteiger partial charge in [-0.15, -0.1) is 0 Å². The molecule has 12 heteroatoms. The van der Waals surface area contributed by atoms with Gasteiger partial charge in [-0.3, -0.25) is 14.4 Å². The van der Waals surface area contributed by atoms with Crippen LogP contribution in [0.1, 0.15) is 49.8 Å². The lowest BCUT2D eigenvalue weighted by atomic mass is 9.95. The van der Waals surface area contributed by atoms with Crippen molar-refractivity contribution >= 4 is 35.2 Å². The summed E-state index contributed by atoms with van der Waals surface area (Å²) < 4.78 is 17.0. The standard InChI is InChI=1S/C30H39N3O8S/c1-17(34)32-21-10-8-18-15-25(39-2)28(40-3)29(41-4)27(18)19-9-11-22(24(35)16-20(19)21)31-13-6-7-26(36)33-23(30(37)38)12-14-42-5/h9,11,15-16,21,23H,6-8,10,12-14H2,1-5H3,(H,31,35)(H,32,34)(H,33,36)(H,37,38). The van der Waals surface area contributed by atoms with E-state index in [2.05, 4.69) is 16.0 Å². The molecule has 3 rings (SSSR count).